The number of hydrogen-bond donors (Lipinski definition) is 1. The van der Waals surface area contributed by atoms with Crippen LogP contribution >= 0.6 is 0 Å². The standard InChI is InChI=1S/C22H25N5O2/c1-16-2-4-19(5-3-16)29-15-21(28)27-12-8-17(9-13-27)14-20-24-22(26-25-20)18-6-10-23-11-7-18/h2-7,10-11,17H,8-9,12-15H2,1H3,(H,24,25,26). The number of hydrogen-bond acceptors (Lipinski definition) is 5. The molecule has 1 fully saturated rings. The molecule has 1 aliphatic rings. The molecule has 1 aliphatic heterocycles. The van der Waals surface area contributed by atoms with Crippen LogP contribution in [0.4, 0.5) is 0 Å². The molecule has 150 valence electrons. The Morgan fingerprint density at radius 1 is 1.14 bits per heavy atom. The lowest BCUT2D eigenvalue weighted by Crippen LogP contribution is -2.41. The van der Waals surface area contributed by atoms with Crippen molar-refractivity contribution in [2.75, 3.05) is 19.7 Å². The summed E-state index contributed by atoms with van der Waals surface area (Å²) in [4.78, 5) is 22.9. The molecule has 3 heterocycles. The van der Waals surface area contributed by atoms with E-state index in [1.165, 1.54) is 5.56 Å². The van der Waals surface area contributed by atoms with Gasteiger partial charge in [-0.3, -0.25) is 14.9 Å². The van der Waals surface area contributed by atoms with Gasteiger partial charge in [0.1, 0.15) is 11.6 Å². The molecule has 3 aromatic rings. The number of likely N-dealkylation sites (tertiary alicyclic amines) is 1. The Morgan fingerprint density at radius 3 is 2.59 bits per heavy atom. The van der Waals surface area contributed by atoms with Gasteiger partial charge in [-0.15, -0.1) is 0 Å². The van der Waals surface area contributed by atoms with Gasteiger partial charge in [-0.25, -0.2) is 4.98 Å². The van der Waals surface area contributed by atoms with Crippen LogP contribution in [0, 0.1) is 12.8 Å². The summed E-state index contributed by atoms with van der Waals surface area (Å²) < 4.78 is 5.62. The normalized spacial score (nSPS) is 14.7. The summed E-state index contributed by atoms with van der Waals surface area (Å²) in [7, 11) is 0. The molecule has 0 unspecified atom stereocenters. The molecule has 0 atom stereocenters. The van der Waals surface area contributed by atoms with Gasteiger partial charge in [-0.1, -0.05) is 17.7 Å². The van der Waals surface area contributed by atoms with Crippen molar-refractivity contribution in [2.45, 2.75) is 26.2 Å². The summed E-state index contributed by atoms with van der Waals surface area (Å²) in [6, 6.07) is 11.5. The van der Waals surface area contributed by atoms with Crippen molar-refractivity contribution in [3.63, 3.8) is 0 Å². The number of amides is 1. The number of benzene rings is 1. The van der Waals surface area contributed by atoms with Crippen LogP contribution < -0.4 is 4.74 Å². The molecule has 1 aromatic carbocycles. The van der Waals surface area contributed by atoms with Gasteiger partial charge in [0.2, 0.25) is 0 Å². The second-order valence-corrected chi connectivity index (χ2v) is 7.47. The number of aryl methyl sites for hydroxylation is 1. The maximum absolute atomic E-state index is 12.4. The summed E-state index contributed by atoms with van der Waals surface area (Å²) in [5.74, 6) is 2.86. The van der Waals surface area contributed by atoms with Crippen molar-refractivity contribution in [2.24, 2.45) is 5.92 Å². The third-order valence-corrected chi connectivity index (χ3v) is 5.30. The molecule has 0 spiro atoms. The van der Waals surface area contributed by atoms with Crippen molar-refractivity contribution < 1.29 is 9.53 Å². The molecule has 29 heavy (non-hydrogen) atoms. The highest BCUT2D eigenvalue weighted by Crippen LogP contribution is 2.22. The molecule has 0 bridgehead atoms. The Morgan fingerprint density at radius 2 is 1.86 bits per heavy atom. The smallest absolute Gasteiger partial charge is 0.260 e. The van der Waals surface area contributed by atoms with Gasteiger partial charge in [-0.2, -0.15) is 5.10 Å². The number of piperidine rings is 1. The molecule has 4 rings (SSSR count). The van der Waals surface area contributed by atoms with Crippen molar-refractivity contribution in [1.82, 2.24) is 25.1 Å². The quantitative estimate of drug-likeness (QED) is 0.698. The lowest BCUT2D eigenvalue weighted by Gasteiger charge is -2.31. The second-order valence-electron chi connectivity index (χ2n) is 7.47. The van der Waals surface area contributed by atoms with Crippen molar-refractivity contribution >= 4 is 5.91 Å². The van der Waals surface area contributed by atoms with Gasteiger partial charge < -0.3 is 9.64 Å². The molecule has 0 saturated carbocycles. The molecule has 0 radical (unpaired) electrons. The monoisotopic (exact) mass is 391 g/mol. The molecule has 1 N–H and O–H groups in total. The van der Waals surface area contributed by atoms with E-state index in [0.29, 0.717) is 11.7 Å². The summed E-state index contributed by atoms with van der Waals surface area (Å²) in [5.41, 5.74) is 2.13. The number of aromatic amines is 1. The number of ether oxygens (including phenoxy) is 1. The molecule has 2 aromatic heterocycles. The SMILES string of the molecule is Cc1ccc(OCC(=O)N2CCC(Cc3nc(-c4ccncc4)n[nH]3)CC2)cc1. The van der Waals surface area contributed by atoms with Crippen LogP contribution in [-0.4, -0.2) is 50.7 Å². The van der Waals surface area contributed by atoms with Gasteiger partial charge in [0.15, 0.2) is 12.4 Å². The van der Waals surface area contributed by atoms with Gasteiger partial charge in [0, 0.05) is 37.5 Å². The number of carbonyl (C=O) groups excluding carboxylic acids is 1. The predicted octanol–water partition coefficient (Wildman–Crippen LogP) is 3.04. The van der Waals surface area contributed by atoms with Crippen LogP contribution in [0.5, 0.6) is 5.75 Å². The van der Waals surface area contributed by atoms with Crippen molar-refractivity contribution in [3.8, 4) is 17.1 Å². The fourth-order valence-electron chi connectivity index (χ4n) is 3.55. The van der Waals surface area contributed by atoms with E-state index in [1.807, 2.05) is 48.2 Å². The zero-order chi connectivity index (χ0) is 20.1. The number of nitrogens with zero attached hydrogens (tertiary/aromatic N) is 4. The lowest BCUT2D eigenvalue weighted by molar-refractivity contribution is -0.134. The maximum atomic E-state index is 12.4. The Kier molecular flexibility index (Phi) is 5.84. The average molecular weight is 391 g/mol. The molecular formula is C22H25N5O2. The van der Waals surface area contributed by atoms with E-state index < -0.39 is 0 Å². The van der Waals surface area contributed by atoms with E-state index in [-0.39, 0.29) is 12.5 Å². The first-order valence-corrected chi connectivity index (χ1v) is 9.96. The minimum atomic E-state index is 0.0451. The van der Waals surface area contributed by atoms with Gasteiger partial charge in [0.05, 0.1) is 0 Å². The van der Waals surface area contributed by atoms with E-state index in [9.17, 15) is 4.79 Å². The largest absolute Gasteiger partial charge is 0.484 e. The van der Waals surface area contributed by atoms with E-state index in [1.54, 1.807) is 12.4 Å². The summed E-state index contributed by atoms with van der Waals surface area (Å²) in [6.45, 7) is 3.63. The Labute approximate surface area is 170 Å². The number of rotatable bonds is 6. The van der Waals surface area contributed by atoms with E-state index in [0.717, 1.165) is 49.5 Å². The van der Waals surface area contributed by atoms with Crippen molar-refractivity contribution in [3.05, 3.63) is 60.2 Å². The molecule has 1 saturated heterocycles. The highest BCUT2D eigenvalue weighted by atomic mass is 16.5. The molecule has 7 nitrogen and oxygen atoms in total. The van der Waals surface area contributed by atoms with Crippen molar-refractivity contribution in [1.29, 1.82) is 0 Å². The molecule has 1 amide bonds. The Bertz CT molecular complexity index is 931. The number of nitrogens with one attached hydrogen (secondary N) is 1. The van der Waals surface area contributed by atoms with Crippen LogP contribution in [0.3, 0.4) is 0 Å². The number of H-pyrrole nitrogens is 1. The van der Waals surface area contributed by atoms with Crippen LogP contribution in [-0.2, 0) is 11.2 Å². The van der Waals surface area contributed by atoms with E-state index in [2.05, 4.69) is 20.2 Å². The summed E-state index contributed by atoms with van der Waals surface area (Å²) >= 11 is 0. The fourth-order valence-corrected chi connectivity index (χ4v) is 3.55. The highest BCUT2D eigenvalue weighted by Gasteiger charge is 2.24. The first-order valence-electron chi connectivity index (χ1n) is 9.96. The van der Waals surface area contributed by atoms with Crippen LogP contribution in [0.1, 0.15) is 24.2 Å². The van der Waals surface area contributed by atoms with Crippen LogP contribution in [0.15, 0.2) is 48.8 Å². The number of carbonyl (C=O) groups is 1. The lowest BCUT2D eigenvalue weighted by atomic mass is 9.93. The maximum Gasteiger partial charge on any atom is 0.260 e. The number of pyridine rings is 1. The third-order valence-electron chi connectivity index (χ3n) is 5.30. The third kappa shape index (κ3) is 4.99. The average Bonchev–Trinajstić information content (AvgIpc) is 3.23. The minimum absolute atomic E-state index is 0.0451. The van der Waals surface area contributed by atoms with Gasteiger partial charge in [0.25, 0.3) is 5.91 Å². The van der Waals surface area contributed by atoms with E-state index in [4.69, 9.17) is 4.74 Å². The first-order chi connectivity index (χ1) is 14.2. The second kappa shape index (κ2) is 8.86. The topological polar surface area (TPSA) is 84.0 Å². The highest BCUT2D eigenvalue weighted by molar-refractivity contribution is 5.77. The fraction of sp³-hybridized carbons (Fsp3) is 0.364. The molecule has 0 aliphatic carbocycles. The zero-order valence-electron chi connectivity index (χ0n) is 16.5. The minimum Gasteiger partial charge on any atom is -0.484 e. The van der Waals surface area contributed by atoms with Crippen LogP contribution in [0.2, 0.25) is 0 Å². The summed E-state index contributed by atoms with van der Waals surface area (Å²) in [5, 5.41) is 7.35. The summed E-state index contributed by atoms with van der Waals surface area (Å²) in [6.07, 6.45) is 6.24. The first kappa shape index (κ1) is 19.1. The Hall–Kier alpha value is -3.22. The zero-order valence-corrected chi connectivity index (χ0v) is 16.5. The van der Waals surface area contributed by atoms with Gasteiger partial charge >= 0.3 is 0 Å². The molecular weight excluding hydrogens is 366 g/mol. The molecule has 7 heteroatoms. The van der Waals surface area contributed by atoms with Crippen LogP contribution in [0.25, 0.3) is 11.4 Å². The number of aromatic nitrogens is 4. The van der Waals surface area contributed by atoms with E-state index >= 15 is 0 Å². The van der Waals surface area contributed by atoms with Gasteiger partial charge in [-0.05, 0) is 49.9 Å². The Balaban J connectivity index is 1.23. The predicted molar refractivity (Wildman–Crippen MR) is 109 cm³/mol.